The molecule has 0 bridgehead atoms. The zero-order valence-corrected chi connectivity index (χ0v) is 30.2. The van der Waals surface area contributed by atoms with E-state index in [1.165, 1.54) is 11.8 Å². The molecule has 1 fully saturated rings. The van der Waals surface area contributed by atoms with Crippen molar-refractivity contribution in [1.82, 2.24) is 31.5 Å². The average Bonchev–Trinajstić information content (AvgIpc) is 3.55. The van der Waals surface area contributed by atoms with Gasteiger partial charge in [-0.3, -0.25) is 33.6 Å². The van der Waals surface area contributed by atoms with Gasteiger partial charge in [-0.2, -0.15) is 0 Å². The SMILES string of the molecule is CC(C)C[C@H](NC(=O)[C@H](CCC(=O)O)NC(=O)[C@@H](N)[C@@H](C)O)C(=O)N[C@@H](CO)C(=O)N[C@@H](CC(C)C)C(=O)N1CCC[C@H]1C(=O)N[C@@H](CO)C(=O)O. The molecule has 20 nitrogen and oxygen atoms in total. The van der Waals surface area contributed by atoms with Crippen LogP contribution < -0.4 is 32.3 Å². The summed E-state index contributed by atoms with van der Waals surface area (Å²) in [4.78, 5) is 103. The molecule has 1 aliphatic heterocycles. The fourth-order valence-electron chi connectivity index (χ4n) is 5.39. The second-order valence-electron chi connectivity index (χ2n) is 13.7. The fourth-order valence-corrected chi connectivity index (χ4v) is 5.39. The highest BCUT2D eigenvalue weighted by molar-refractivity contribution is 5.97. The second-order valence-corrected chi connectivity index (χ2v) is 13.7. The Morgan fingerprint density at radius 3 is 1.67 bits per heavy atom. The Labute approximate surface area is 301 Å². The van der Waals surface area contributed by atoms with E-state index in [-0.39, 0.29) is 44.1 Å². The van der Waals surface area contributed by atoms with Gasteiger partial charge in [0.1, 0.15) is 42.3 Å². The van der Waals surface area contributed by atoms with E-state index in [2.05, 4.69) is 26.6 Å². The number of carbonyl (C=O) groups excluding carboxylic acids is 6. The molecule has 296 valence electrons. The molecule has 0 spiro atoms. The van der Waals surface area contributed by atoms with Gasteiger partial charge in [-0.1, -0.05) is 27.7 Å². The first-order valence-corrected chi connectivity index (χ1v) is 17.2. The van der Waals surface area contributed by atoms with E-state index in [1.54, 1.807) is 27.7 Å². The van der Waals surface area contributed by atoms with Crippen molar-refractivity contribution in [2.75, 3.05) is 19.8 Å². The van der Waals surface area contributed by atoms with Gasteiger partial charge >= 0.3 is 11.9 Å². The number of nitrogens with two attached hydrogens (primary N) is 1. The molecule has 0 aromatic heterocycles. The molecular weight excluding hydrogens is 690 g/mol. The summed E-state index contributed by atoms with van der Waals surface area (Å²) in [5, 5.41) is 59.2. The Kier molecular flexibility index (Phi) is 19.2. The first kappa shape index (κ1) is 45.6. The van der Waals surface area contributed by atoms with E-state index >= 15 is 0 Å². The zero-order chi connectivity index (χ0) is 39.9. The van der Waals surface area contributed by atoms with Crippen LogP contribution >= 0.6 is 0 Å². The summed E-state index contributed by atoms with van der Waals surface area (Å²) in [6.07, 6.45) is -1.52. The van der Waals surface area contributed by atoms with Gasteiger partial charge in [0.2, 0.25) is 35.4 Å². The maximum atomic E-state index is 13.7. The molecule has 0 radical (unpaired) electrons. The highest BCUT2D eigenvalue weighted by Crippen LogP contribution is 2.21. The predicted molar refractivity (Wildman–Crippen MR) is 182 cm³/mol. The number of amides is 6. The minimum atomic E-state index is -1.62. The molecule has 8 atom stereocenters. The minimum absolute atomic E-state index is 0.00994. The highest BCUT2D eigenvalue weighted by atomic mass is 16.4. The molecule has 1 saturated heterocycles. The maximum Gasteiger partial charge on any atom is 0.328 e. The molecular formula is C32H55N7O13. The molecule has 0 aliphatic carbocycles. The van der Waals surface area contributed by atoms with Gasteiger partial charge in [0.25, 0.3) is 0 Å². The van der Waals surface area contributed by atoms with Crippen LogP contribution in [0.4, 0.5) is 0 Å². The van der Waals surface area contributed by atoms with Crippen molar-refractivity contribution in [2.24, 2.45) is 17.6 Å². The molecule has 12 N–H and O–H groups in total. The summed E-state index contributed by atoms with van der Waals surface area (Å²) in [6.45, 7) is 6.57. The molecule has 1 heterocycles. The number of hydrogen-bond acceptors (Lipinski definition) is 12. The molecule has 0 saturated carbocycles. The van der Waals surface area contributed by atoms with Crippen LogP contribution in [0.25, 0.3) is 0 Å². The van der Waals surface area contributed by atoms with Gasteiger partial charge in [0, 0.05) is 13.0 Å². The van der Waals surface area contributed by atoms with Crippen molar-refractivity contribution in [3.05, 3.63) is 0 Å². The Balaban J connectivity index is 3.18. The summed E-state index contributed by atoms with van der Waals surface area (Å²) < 4.78 is 0. The van der Waals surface area contributed by atoms with E-state index in [9.17, 15) is 58.8 Å². The lowest BCUT2D eigenvalue weighted by atomic mass is 10.0. The van der Waals surface area contributed by atoms with Crippen LogP contribution in [0.1, 0.15) is 73.1 Å². The molecule has 0 unspecified atom stereocenters. The van der Waals surface area contributed by atoms with E-state index < -0.39 is 115 Å². The molecule has 6 amide bonds. The van der Waals surface area contributed by atoms with Crippen LogP contribution in [0.15, 0.2) is 0 Å². The van der Waals surface area contributed by atoms with E-state index in [4.69, 9.17) is 10.8 Å². The summed E-state index contributed by atoms with van der Waals surface area (Å²) in [5.41, 5.74) is 5.64. The normalized spacial score (nSPS) is 18.3. The fraction of sp³-hybridized carbons (Fsp3) is 0.750. The molecule has 20 heteroatoms. The molecule has 0 aromatic carbocycles. The first-order chi connectivity index (χ1) is 24.2. The largest absolute Gasteiger partial charge is 0.481 e. The highest BCUT2D eigenvalue weighted by Gasteiger charge is 2.40. The molecule has 52 heavy (non-hydrogen) atoms. The third-order valence-corrected chi connectivity index (χ3v) is 8.22. The average molecular weight is 746 g/mol. The lowest BCUT2D eigenvalue weighted by Crippen LogP contribution is -2.61. The lowest BCUT2D eigenvalue weighted by molar-refractivity contribution is -0.146. The van der Waals surface area contributed by atoms with Gasteiger partial charge in [-0.15, -0.1) is 0 Å². The maximum absolute atomic E-state index is 13.7. The number of hydrogen-bond donors (Lipinski definition) is 11. The van der Waals surface area contributed by atoms with Crippen molar-refractivity contribution in [3.8, 4) is 0 Å². The number of likely N-dealkylation sites (tertiary alicyclic amines) is 1. The van der Waals surface area contributed by atoms with Crippen molar-refractivity contribution in [2.45, 2.75) is 122 Å². The topological polar surface area (TPSA) is 327 Å². The Bertz CT molecular complexity index is 1280. The standard InChI is InChI=1S/C32H55N7O13/c1-15(2)11-19(35-26(45)18(8-9-24(43)44)34-30(49)25(33)17(5)42)27(46)37-21(13-40)28(47)36-20(12-16(3)4)31(50)39-10-6-7-23(39)29(48)38-22(14-41)32(51)52/h15-23,25,40-42H,6-14,33H2,1-5H3,(H,34,49)(H,35,45)(H,36,47)(H,37,46)(H,38,48)(H,43,44)(H,51,52)/t17-,18+,19+,20+,21+,22+,23+,25+/m1/s1. The summed E-state index contributed by atoms with van der Waals surface area (Å²) in [6, 6.07) is -9.75. The number of carbonyl (C=O) groups is 8. The van der Waals surface area contributed by atoms with Gasteiger partial charge in [-0.25, -0.2) is 4.79 Å². The van der Waals surface area contributed by atoms with Crippen LogP contribution in [0, 0.1) is 11.8 Å². The van der Waals surface area contributed by atoms with Gasteiger partial charge in [0.15, 0.2) is 0 Å². The van der Waals surface area contributed by atoms with Crippen LogP contribution in [0.5, 0.6) is 0 Å². The zero-order valence-electron chi connectivity index (χ0n) is 30.2. The van der Waals surface area contributed by atoms with E-state index in [0.717, 1.165) is 0 Å². The number of carboxylic acid groups (broad SMARTS) is 2. The minimum Gasteiger partial charge on any atom is -0.481 e. The monoisotopic (exact) mass is 745 g/mol. The van der Waals surface area contributed by atoms with Crippen molar-refractivity contribution >= 4 is 47.4 Å². The van der Waals surface area contributed by atoms with Crippen LogP contribution in [-0.2, 0) is 38.4 Å². The number of nitrogens with one attached hydrogen (secondary N) is 5. The Hall–Kier alpha value is -4.40. The third-order valence-electron chi connectivity index (χ3n) is 8.22. The third kappa shape index (κ3) is 14.7. The van der Waals surface area contributed by atoms with Gasteiger partial charge < -0.3 is 62.8 Å². The van der Waals surface area contributed by atoms with Gasteiger partial charge in [-0.05, 0) is 50.9 Å². The molecule has 0 aromatic rings. The van der Waals surface area contributed by atoms with Crippen LogP contribution in [0.3, 0.4) is 0 Å². The van der Waals surface area contributed by atoms with E-state index in [0.29, 0.717) is 6.42 Å². The van der Waals surface area contributed by atoms with Crippen LogP contribution in [-0.4, -0.2) is 146 Å². The van der Waals surface area contributed by atoms with Crippen LogP contribution in [0.2, 0.25) is 0 Å². The van der Waals surface area contributed by atoms with Crippen molar-refractivity contribution in [1.29, 1.82) is 0 Å². The van der Waals surface area contributed by atoms with Crippen molar-refractivity contribution < 1.29 is 63.9 Å². The second kappa shape index (κ2) is 21.8. The number of aliphatic carboxylic acids is 2. The Morgan fingerprint density at radius 2 is 1.17 bits per heavy atom. The first-order valence-electron chi connectivity index (χ1n) is 17.2. The number of nitrogens with zero attached hydrogens (tertiary/aromatic N) is 1. The summed E-state index contributed by atoms with van der Waals surface area (Å²) in [7, 11) is 0. The quantitative estimate of drug-likeness (QED) is 0.0506. The molecule has 1 aliphatic rings. The summed E-state index contributed by atoms with van der Waals surface area (Å²) >= 11 is 0. The molecule has 1 rings (SSSR count). The number of aliphatic hydroxyl groups is 3. The van der Waals surface area contributed by atoms with E-state index in [1.807, 2.05) is 0 Å². The number of carboxylic acids is 2. The van der Waals surface area contributed by atoms with Crippen molar-refractivity contribution in [3.63, 3.8) is 0 Å². The smallest absolute Gasteiger partial charge is 0.328 e. The number of rotatable bonds is 22. The number of aliphatic hydroxyl groups excluding tert-OH is 3. The predicted octanol–water partition coefficient (Wildman–Crippen LogP) is -3.86. The summed E-state index contributed by atoms with van der Waals surface area (Å²) in [5.74, 6) is -8.33. The van der Waals surface area contributed by atoms with Gasteiger partial charge in [0.05, 0.1) is 19.3 Å². The lowest BCUT2D eigenvalue weighted by Gasteiger charge is -2.31. The Morgan fingerprint density at radius 1 is 0.692 bits per heavy atom.